The molecule has 2 aromatic heterocycles. The van der Waals surface area contributed by atoms with E-state index in [1.165, 1.54) is 28.6 Å². The fourth-order valence-corrected chi connectivity index (χ4v) is 5.84. The minimum absolute atomic E-state index is 0.0420. The number of hydrogen-bond acceptors (Lipinski definition) is 6. The molecule has 146 valence electrons. The predicted octanol–water partition coefficient (Wildman–Crippen LogP) is 4.94. The van der Waals surface area contributed by atoms with Gasteiger partial charge in [0.2, 0.25) is 5.91 Å². The Labute approximate surface area is 172 Å². The molecule has 1 aliphatic rings. The van der Waals surface area contributed by atoms with Crippen LogP contribution in [-0.2, 0) is 17.6 Å². The minimum atomic E-state index is -0.265. The molecule has 28 heavy (non-hydrogen) atoms. The lowest BCUT2D eigenvalue weighted by Gasteiger charge is -2.18. The molecule has 1 aliphatic carbocycles. The summed E-state index contributed by atoms with van der Waals surface area (Å²) in [6.07, 6.45) is 5.01. The summed E-state index contributed by atoms with van der Waals surface area (Å²) in [4.78, 5) is 24.2. The smallest absolute Gasteiger partial charge is 0.237 e. The van der Waals surface area contributed by atoms with Crippen LogP contribution in [0.4, 0.5) is 5.69 Å². The lowest BCUT2D eigenvalue weighted by Crippen LogP contribution is -2.22. The second-order valence-corrected chi connectivity index (χ2v) is 9.60. The second kappa shape index (κ2) is 8.09. The molecule has 1 N–H and O–H groups in total. The van der Waals surface area contributed by atoms with E-state index in [2.05, 4.69) is 22.2 Å². The maximum absolute atomic E-state index is 12.7. The van der Waals surface area contributed by atoms with Gasteiger partial charge in [-0.05, 0) is 61.9 Å². The van der Waals surface area contributed by atoms with Crippen LogP contribution in [-0.4, -0.2) is 28.2 Å². The van der Waals surface area contributed by atoms with Crippen molar-refractivity contribution in [3.05, 3.63) is 41.0 Å². The van der Waals surface area contributed by atoms with Crippen molar-refractivity contribution in [2.75, 3.05) is 12.4 Å². The number of thioether (sulfide) groups is 1. The van der Waals surface area contributed by atoms with E-state index in [0.29, 0.717) is 0 Å². The van der Waals surface area contributed by atoms with Crippen molar-refractivity contribution in [1.29, 1.82) is 0 Å². The number of benzene rings is 1. The van der Waals surface area contributed by atoms with Crippen LogP contribution in [0.3, 0.4) is 0 Å². The van der Waals surface area contributed by atoms with Crippen molar-refractivity contribution in [3.8, 4) is 5.75 Å². The number of carbonyl (C=O) groups is 1. The van der Waals surface area contributed by atoms with E-state index in [9.17, 15) is 4.79 Å². The largest absolute Gasteiger partial charge is 0.497 e. The Bertz CT molecular complexity index is 1000. The Kier molecular flexibility index (Phi) is 5.55. The first kappa shape index (κ1) is 19.2. The third kappa shape index (κ3) is 3.86. The Hall–Kier alpha value is -2.12. The van der Waals surface area contributed by atoms with Crippen LogP contribution in [0.5, 0.6) is 5.75 Å². The van der Waals surface area contributed by atoms with Gasteiger partial charge in [-0.2, -0.15) is 0 Å². The molecule has 7 heteroatoms. The quantitative estimate of drug-likeness (QED) is 0.474. The number of nitrogens with one attached hydrogen (secondary N) is 1. The minimum Gasteiger partial charge on any atom is -0.497 e. The molecular formula is C21H23N3O2S2. The molecule has 2 atom stereocenters. The third-order valence-electron chi connectivity index (χ3n) is 5.07. The summed E-state index contributed by atoms with van der Waals surface area (Å²) in [5.41, 5.74) is 2.15. The molecule has 0 bridgehead atoms. The highest BCUT2D eigenvalue weighted by Crippen LogP contribution is 2.41. The zero-order valence-electron chi connectivity index (χ0n) is 16.2. The van der Waals surface area contributed by atoms with E-state index in [-0.39, 0.29) is 11.2 Å². The first-order valence-electron chi connectivity index (χ1n) is 9.42. The number of anilines is 1. The van der Waals surface area contributed by atoms with E-state index in [1.54, 1.807) is 24.8 Å². The molecule has 0 spiro atoms. The topological polar surface area (TPSA) is 64.1 Å². The molecule has 0 radical (unpaired) electrons. The summed E-state index contributed by atoms with van der Waals surface area (Å²) < 4.78 is 5.16. The van der Waals surface area contributed by atoms with Gasteiger partial charge >= 0.3 is 0 Å². The van der Waals surface area contributed by atoms with E-state index in [4.69, 9.17) is 4.74 Å². The summed E-state index contributed by atoms with van der Waals surface area (Å²) in [7, 11) is 1.62. The number of fused-ring (bicyclic) bond motifs is 3. The van der Waals surface area contributed by atoms with Crippen LogP contribution in [0.25, 0.3) is 10.2 Å². The maximum atomic E-state index is 12.7. The monoisotopic (exact) mass is 413 g/mol. The van der Waals surface area contributed by atoms with Crippen molar-refractivity contribution in [1.82, 2.24) is 9.97 Å². The summed E-state index contributed by atoms with van der Waals surface area (Å²) in [5, 5.41) is 4.77. The van der Waals surface area contributed by atoms with Gasteiger partial charge in [0.1, 0.15) is 21.9 Å². The number of thiophene rings is 1. The molecule has 1 aromatic carbocycles. The van der Waals surface area contributed by atoms with Gasteiger partial charge in [-0.3, -0.25) is 4.79 Å². The zero-order valence-corrected chi connectivity index (χ0v) is 17.8. The highest BCUT2D eigenvalue weighted by Gasteiger charge is 2.25. The average molecular weight is 414 g/mol. The molecule has 1 amide bonds. The van der Waals surface area contributed by atoms with Gasteiger partial charge in [0.25, 0.3) is 0 Å². The van der Waals surface area contributed by atoms with Gasteiger partial charge in [0.15, 0.2) is 0 Å². The number of methoxy groups -OCH3 is 1. The maximum Gasteiger partial charge on any atom is 0.237 e. The first-order valence-corrected chi connectivity index (χ1v) is 11.1. The highest BCUT2D eigenvalue weighted by atomic mass is 32.2. The molecule has 0 saturated carbocycles. The fourth-order valence-electron chi connectivity index (χ4n) is 3.47. The first-order chi connectivity index (χ1) is 13.5. The number of aromatic nitrogens is 2. The van der Waals surface area contributed by atoms with Gasteiger partial charge in [0, 0.05) is 16.0 Å². The van der Waals surface area contributed by atoms with Crippen molar-refractivity contribution in [2.45, 2.75) is 43.4 Å². The summed E-state index contributed by atoms with van der Waals surface area (Å²) >= 11 is 3.29. The zero-order chi connectivity index (χ0) is 19.7. The predicted molar refractivity (Wildman–Crippen MR) is 116 cm³/mol. The third-order valence-corrected chi connectivity index (χ3v) is 7.33. The molecule has 4 rings (SSSR count). The van der Waals surface area contributed by atoms with Crippen LogP contribution in [0.1, 0.15) is 30.7 Å². The van der Waals surface area contributed by atoms with E-state index in [0.717, 1.165) is 45.4 Å². The molecule has 2 unspecified atom stereocenters. The van der Waals surface area contributed by atoms with Gasteiger partial charge < -0.3 is 10.1 Å². The number of aryl methyl sites for hydroxylation is 1. The van der Waals surface area contributed by atoms with Crippen molar-refractivity contribution >= 4 is 44.9 Å². The number of nitrogens with zero attached hydrogens (tertiary/aromatic N) is 2. The van der Waals surface area contributed by atoms with E-state index in [1.807, 2.05) is 31.2 Å². The Morgan fingerprint density at radius 2 is 2.11 bits per heavy atom. The number of ether oxygens (including phenoxy) is 1. The van der Waals surface area contributed by atoms with Gasteiger partial charge in [-0.15, -0.1) is 11.3 Å². The molecule has 0 fully saturated rings. The Morgan fingerprint density at radius 3 is 2.86 bits per heavy atom. The van der Waals surface area contributed by atoms with Crippen molar-refractivity contribution < 1.29 is 9.53 Å². The SMILES string of the molecule is COc1ccc(NC(=O)C(C)Sc2ncnc3sc4c(c23)CCC(C)C4)cc1. The normalized spacial score (nSPS) is 17.2. The number of hydrogen-bond donors (Lipinski definition) is 1. The van der Waals surface area contributed by atoms with Gasteiger partial charge in [0.05, 0.1) is 12.4 Å². The van der Waals surface area contributed by atoms with Crippen LogP contribution in [0.2, 0.25) is 0 Å². The average Bonchev–Trinajstić information content (AvgIpc) is 3.06. The Morgan fingerprint density at radius 1 is 1.32 bits per heavy atom. The van der Waals surface area contributed by atoms with Crippen LogP contribution < -0.4 is 10.1 Å². The molecule has 3 aromatic rings. The van der Waals surface area contributed by atoms with Crippen LogP contribution >= 0.6 is 23.1 Å². The fraction of sp³-hybridized carbons (Fsp3) is 0.381. The summed E-state index contributed by atoms with van der Waals surface area (Å²) in [6.45, 7) is 4.22. The lowest BCUT2D eigenvalue weighted by molar-refractivity contribution is -0.115. The van der Waals surface area contributed by atoms with Gasteiger partial charge in [-0.25, -0.2) is 9.97 Å². The van der Waals surface area contributed by atoms with Crippen molar-refractivity contribution in [2.24, 2.45) is 5.92 Å². The second-order valence-electron chi connectivity index (χ2n) is 7.19. The summed E-state index contributed by atoms with van der Waals surface area (Å²) in [6, 6.07) is 7.35. The molecule has 5 nitrogen and oxygen atoms in total. The lowest BCUT2D eigenvalue weighted by atomic mass is 9.89. The molecule has 2 heterocycles. The number of carbonyl (C=O) groups excluding carboxylic acids is 1. The van der Waals surface area contributed by atoms with Crippen LogP contribution in [0, 0.1) is 5.92 Å². The van der Waals surface area contributed by atoms with Crippen molar-refractivity contribution in [3.63, 3.8) is 0 Å². The number of amides is 1. The highest BCUT2D eigenvalue weighted by molar-refractivity contribution is 8.00. The molecule has 0 aliphatic heterocycles. The van der Waals surface area contributed by atoms with Gasteiger partial charge in [-0.1, -0.05) is 18.7 Å². The summed E-state index contributed by atoms with van der Waals surface area (Å²) in [5.74, 6) is 1.44. The standard InChI is InChI=1S/C21H23N3O2S2/c1-12-4-9-16-17(10-12)28-21-18(16)20(22-11-23-21)27-13(2)19(25)24-14-5-7-15(26-3)8-6-14/h5-8,11-13H,4,9-10H2,1-3H3,(H,24,25). The Balaban J connectivity index is 1.53. The molecular weight excluding hydrogens is 390 g/mol. The van der Waals surface area contributed by atoms with Crippen LogP contribution in [0.15, 0.2) is 35.6 Å². The van der Waals surface area contributed by atoms with E-state index >= 15 is 0 Å². The molecule has 0 saturated heterocycles. The number of rotatable bonds is 5. The van der Waals surface area contributed by atoms with E-state index < -0.39 is 0 Å².